The van der Waals surface area contributed by atoms with Gasteiger partial charge < -0.3 is 20.9 Å². The highest BCUT2D eigenvalue weighted by Crippen LogP contribution is 2.47. The van der Waals surface area contributed by atoms with Gasteiger partial charge in [0.15, 0.2) is 0 Å². The zero-order valence-electron chi connectivity index (χ0n) is 19.2. The Hall–Kier alpha value is -2.79. The fourth-order valence-corrected chi connectivity index (χ4v) is 7.45. The molecule has 2 aliphatic heterocycles. The number of aromatic nitrogens is 4. The molecule has 13 nitrogen and oxygen atoms in total. The van der Waals surface area contributed by atoms with Crippen molar-refractivity contribution in [2.45, 2.75) is 27.7 Å². The molecule has 0 spiro atoms. The SMILES string of the molecule is CO[C@@]1(NC(=O)CS(=O)c2ccccc2CN)C(=O)N2C(C(=O)O)=C(CSc3nnnn3C)CS[C@H]21. The van der Waals surface area contributed by atoms with Crippen molar-refractivity contribution in [2.75, 3.05) is 24.4 Å². The van der Waals surface area contributed by atoms with E-state index in [1.165, 1.54) is 35.3 Å². The predicted molar refractivity (Wildman–Crippen MR) is 131 cm³/mol. The van der Waals surface area contributed by atoms with Gasteiger partial charge in [0.2, 0.25) is 11.1 Å². The lowest BCUT2D eigenvalue weighted by molar-refractivity contribution is -0.192. The van der Waals surface area contributed by atoms with E-state index in [1.54, 1.807) is 31.3 Å². The number of tetrazole rings is 1. The third-order valence-electron chi connectivity index (χ3n) is 5.62. The zero-order valence-corrected chi connectivity index (χ0v) is 21.7. The molecule has 36 heavy (non-hydrogen) atoms. The number of hydrogen-bond acceptors (Lipinski definition) is 11. The number of carbonyl (C=O) groups is 3. The van der Waals surface area contributed by atoms with Crippen molar-refractivity contribution in [1.82, 2.24) is 30.4 Å². The van der Waals surface area contributed by atoms with Crippen molar-refractivity contribution in [1.29, 1.82) is 0 Å². The topological polar surface area (TPSA) is 183 Å². The Morgan fingerprint density at radius 2 is 2.17 bits per heavy atom. The van der Waals surface area contributed by atoms with Crippen LogP contribution in [0.15, 0.2) is 45.6 Å². The summed E-state index contributed by atoms with van der Waals surface area (Å²) in [6.45, 7) is 0.162. The van der Waals surface area contributed by atoms with Crippen molar-refractivity contribution in [3.8, 4) is 0 Å². The third-order valence-corrected chi connectivity index (χ3v) is 9.50. The number of ether oxygens (including phenoxy) is 1. The van der Waals surface area contributed by atoms with Crippen LogP contribution in [-0.2, 0) is 43.5 Å². The second-order valence-corrected chi connectivity index (χ2v) is 11.2. The number of hydrogen-bond donors (Lipinski definition) is 3. The van der Waals surface area contributed by atoms with Crippen LogP contribution in [0.5, 0.6) is 0 Å². The Bertz CT molecular complexity index is 1270. The minimum Gasteiger partial charge on any atom is -0.477 e. The lowest BCUT2D eigenvalue weighted by atomic mass is 9.98. The van der Waals surface area contributed by atoms with Gasteiger partial charge in [-0.15, -0.1) is 16.9 Å². The molecule has 1 fully saturated rings. The normalized spacial score (nSPS) is 22.1. The molecular weight excluding hydrogens is 530 g/mol. The first-order valence-electron chi connectivity index (χ1n) is 10.5. The number of benzene rings is 1. The molecule has 2 aromatic rings. The lowest BCUT2D eigenvalue weighted by Gasteiger charge is -2.55. The van der Waals surface area contributed by atoms with Crippen LogP contribution in [0, 0.1) is 0 Å². The monoisotopic (exact) mass is 553 g/mol. The highest BCUT2D eigenvalue weighted by Gasteiger charge is 2.66. The molecule has 16 heteroatoms. The number of amides is 2. The number of rotatable bonds is 10. The van der Waals surface area contributed by atoms with Crippen LogP contribution in [0.3, 0.4) is 0 Å². The number of fused-ring (bicyclic) bond motifs is 1. The molecule has 0 saturated carbocycles. The van der Waals surface area contributed by atoms with Gasteiger partial charge in [-0.1, -0.05) is 30.0 Å². The average molecular weight is 554 g/mol. The van der Waals surface area contributed by atoms with Crippen molar-refractivity contribution in [3.63, 3.8) is 0 Å². The Morgan fingerprint density at radius 3 is 2.81 bits per heavy atom. The Morgan fingerprint density at radius 1 is 1.42 bits per heavy atom. The predicted octanol–water partition coefficient (Wildman–Crippen LogP) is -0.719. The Balaban J connectivity index is 1.50. The molecule has 0 radical (unpaired) electrons. The van der Waals surface area contributed by atoms with E-state index in [-0.39, 0.29) is 23.7 Å². The van der Waals surface area contributed by atoms with E-state index >= 15 is 0 Å². The summed E-state index contributed by atoms with van der Waals surface area (Å²) in [5.41, 5.74) is 4.93. The highest BCUT2D eigenvalue weighted by molar-refractivity contribution is 8.01. The molecule has 2 aliphatic rings. The number of nitrogens with one attached hydrogen (secondary N) is 1. The van der Waals surface area contributed by atoms with Crippen molar-refractivity contribution in [2.24, 2.45) is 12.8 Å². The van der Waals surface area contributed by atoms with Gasteiger partial charge in [0.25, 0.3) is 11.6 Å². The highest BCUT2D eigenvalue weighted by atomic mass is 32.2. The summed E-state index contributed by atoms with van der Waals surface area (Å²) in [5.74, 6) is -2.54. The first-order valence-corrected chi connectivity index (χ1v) is 13.9. The first kappa shape index (κ1) is 26.3. The van der Waals surface area contributed by atoms with E-state index in [0.29, 0.717) is 21.2 Å². The van der Waals surface area contributed by atoms with E-state index in [9.17, 15) is 23.7 Å². The van der Waals surface area contributed by atoms with Crippen molar-refractivity contribution in [3.05, 3.63) is 41.1 Å². The number of nitrogens with two attached hydrogens (primary N) is 1. The standard InChI is InChI=1S/C20H23N7O6S3/c1-26-19(23-24-25-26)35-9-12-8-34-18-20(33-2,17(31)27(18)15(12)16(29)30)22-14(28)10-36(32)13-6-4-3-5-11(13)7-21/h3-6,18H,7-10,21H2,1-2H3,(H,22,28)(H,29,30)/t18-,20-,36?/m0/s1. The van der Waals surface area contributed by atoms with Gasteiger partial charge in [-0.2, -0.15) is 0 Å². The minimum atomic E-state index is -1.77. The molecule has 4 rings (SSSR count). The number of aliphatic carboxylic acids is 1. The van der Waals surface area contributed by atoms with E-state index in [4.69, 9.17) is 10.5 Å². The average Bonchev–Trinajstić information content (AvgIpc) is 3.29. The maximum Gasteiger partial charge on any atom is 0.352 e. The summed E-state index contributed by atoms with van der Waals surface area (Å²) in [6, 6.07) is 6.81. The maximum absolute atomic E-state index is 13.2. The summed E-state index contributed by atoms with van der Waals surface area (Å²) >= 11 is 2.51. The van der Waals surface area contributed by atoms with Gasteiger partial charge in [0.05, 0.1) is 10.8 Å². The first-order chi connectivity index (χ1) is 17.2. The molecule has 3 atom stereocenters. The number of β-lactam (4-membered cyclic amide) rings is 1. The smallest absolute Gasteiger partial charge is 0.352 e. The number of carboxylic acid groups (broad SMARTS) is 1. The summed E-state index contributed by atoms with van der Waals surface area (Å²) in [5, 5.41) is 23.3. The molecule has 0 bridgehead atoms. The van der Waals surface area contributed by atoms with E-state index in [0.717, 1.165) is 4.90 Å². The van der Waals surface area contributed by atoms with E-state index in [2.05, 4.69) is 20.8 Å². The minimum absolute atomic E-state index is 0.159. The number of carboxylic acids is 1. The number of methoxy groups -OCH3 is 1. The van der Waals surface area contributed by atoms with Gasteiger partial charge >= 0.3 is 5.97 Å². The van der Waals surface area contributed by atoms with E-state index < -0.39 is 45.4 Å². The molecule has 1 aromatic heterocycles. The molecule has 1 saturated heterocycles. The van der Waals surface area contributed by atoms with Crippen LogP contribution in [0.4, 0.5) is 0 Å². The summed E-state index contributed by atoms with van der Waals surface area (Å²) < 4.78 is 19.7. The molecule has 1 unspecified atom stereocenters. The molecule has 4 N–H and O–H groups in total. The molecule has 3 heterocycles. The van der Waals surface area contributed by atoms with Crippen LogP contribution < -0.4 is 11.1 Å². The van der Waals surface area contributed by atoms with Crippen LogP contribution in [0.2, 0.25) is 0 Å². The summed E-state index contributed by atoms with van der Waals surface area (Å²) in [6.07, 6.45) is 0. The summed E-state index contributed by atoms with van der Waals surface area (Å²) in [4.78, 5) is 39.7. The van der Waals surface area contributed by atoms with Crippen LogP contribution >= 0.6 is 23.5 Å². The van der Waals surface area contributed by atoms with Crippen LogP contribution in [-0.4, -0.2) is 87.7 Å². The summed E-state index contributed by atoms with van der Waals surface area (Å²) in [7, 11) is 1.22. The fourth-order valence-electron chi connectivity index (χ4n) is 3.88. The van der Waals surface area contributed by atoms with Crippen molar-refractivity contribution >= 4 is 52.1 Å². The van der Waals surface area contributed by atoms with Gasteiger partial charge in [-0.3, -0.25) is 18.7 Å². The quantitative estimate of drug-likeness (QED) is 0.191. The van der Waals surface area contributed by atoms with Gasteiger partial charge in [-0.05, 0) is 27.6 Å². The second kappa shape index (κ2) is 10.7. The van der Waals surface area contributed by atoms with Crippen LogP contribution in [0.1, 0.15) is 5.56 Å². The van der Waals surface area contributed by atoms with Crippen LogP contribution in [0.25, 0.3) is 0 Å². The maximum atomic E-state index is 13.2. The number of nitrogens with zero attached hydrogens (tertiary/aromatic N) is 5. The number of thioether (sulfide) groups is 2. The second-order valence-electron chi connectivity index (χ2n) is 7.76. The van der Waals surface area contributed by atoms with Gasteiger partial charge in [0.1, 0.15) is 16.8 Å². The molecule has 0 aliphatic carbocycles. The molecule has 192 valence electrons. The number of carbonyl (C=O) groups excluding carboxylic acids is 2. The lowest BCUT2D eigenvalue weighted by Crippen LogP contribution is -2.80. The van der Waals surface area contributed by atoms with E-state index in [1.807, 2.05) is 0 Å². The Labute approximate surface area is 216 Å². The Kier molecular flexibility index (Phi) is 7.79. The van der Waals surface area contributed by atoms with Gasteiger partial charge in [0, 0.05) is 37.1 Å². The molecular formula is C20H23N7O6S3. The largest absolute Gasteiger partial charge is 0.477 e. The molecule has 1 aromatic carbocycles. The van der Waals surface area contributed by atoms with Gasteiger partial charge in [-0.25, -0.2) is 9.48 Å². The fraction of sp³-hybridized carbons (Fsp3) is 0.400. The zero-order chi connectivity index (χ0) is 26.0. The third kappa shape index (κ3) is 4.66. The van der Waals surface area contributed by atoms with Crippen molar-refractivity contribution < 1.29 is 28.4 Å². The number of aryl methyl sites for hydroxylation is 1. The molecule has 2 amide bonds.